The van der Waals surface area contributed by atoms with Gasteiger partial charge in [-0.05, 0) is 122 Å². The van der Waals surface area contributed by atoms with Crippen LogP contribution < -0.4 is 0 Å². The standard InChI is InChI=1S/2C24H24FN5/c1-16-13-19(5-11-22(16)30-14-17(2)26-15-30)6-12-23-27-24(28-29(23)4)18(3)20-7-9-21(25)10-8-20;1-16-13-19(5-11-22(16)30-14-17(2)26-15-30)6-12-23-27-24(29(4)28-23)18(3)20-7-9-21(25)10-8-20/h2*5-15,18H,1-4H3/b2*12-6+. The molecule has 4 aromatic heterocycles. The fourth-order valence-corrected chi connectivity index (χ4v) is 7.00. The quantitative estimate of drug-likeness (QED) is 0.137. The van der Waals surface area contributed by atoms with E-state index in [0.717, 1.165) is 67.8 Å². The molecule has 0 N–H and O–H groups in total. The summed E-state index contributed by atoms with van der Waals surface area (Å²) < 4.78 is 34.0. The molecule has 0 bridgehead atoms. The van der Waals surface area contributed by atoms with Gasteiger partial charge in [-0.3, -0.25) is 4.68 Å². The third-order valence-electron chi connectivity index (χ3n) is 10.4. The lowest BCUT2D eigenvalue weighted by Gasteiger charge is -2.10. The van der Waals surface area contributed by atoms with Gasteiger partial charge in [-0.15, -0.1) is 0 Å². The molecule has 0 saturated heterocycles. The molecule has 0 saturated carbocycles. The van der Waals surface area contributed by atoms with Crippen LogP contribution in [0.4, 0.5) is 8.78 Å². The number of imidazole rings is 2. The maximum atomic E-state index is 13.2. The first-order valence-corrected chi connectivity index (χ1v) is 19.7. The normalized spacial score (nSPS) is 12.6. The van der Waals surface area contributed by atoms with Gasteiger partial charge in [-0.25, -0.2) is 33.4 Å². The predicted molar refractivity (Wildman–Crippen MR) is 234 cm³/mol. The Morgan fingerprint density at radius 1 is 0.550 bits per heavy atom. The Bertz CT molecular complexity index is 2780. The lowest BCUT2D eigenvalue weighted by Crippen LogP contribution is -2.05. The third kappa shape index (κ3) is 9.61. The first-order valence-electron chi connectivity index (χ1n) is 19.7. The van der Waals surface area contributed by atoms with Crippen molar-refractivity contribution in [2.75, 3.05) is 0 Å². The van der Waals surface area contributed by atoms with Crippen LogP contribution in [0.5, 0.6) is 0 Å². The number of aromatic nitrogens is 10. The molecule has 4 aromatic carbocycles. The van der Waals surface area contributed by atoms with Crippen molar-refractivity contribution in [2.45, 2.75) is 53.4 Å². The molecule has 2 atom stereocenters. The van der Waals surface area contributed by atoms with Gasteiger partial charge in [0.1, 0.15) is 17.5 Å². The van der Waals surface area contributed by atoms with E-state index in [0.29, 0.717) is 11.6 Å². The SMILES string of the molecule is Cc1cn(-c2ccc(/C=C/c3nc(C(C)c4ccc(F)cc4)n(C)n3)cc2C)cn1.Cc1cn(-c2ccc(/C=C/c3nc(C(C)c4ccc(F)cc4)nn3C)cc2C)cn1. The molecule has 4 heterocycles. The van der Waals surface area contributed by atoms with E-state index in [9.17, 15) is 8.78 Å². The van der Waals surface area contributed by atoms with E-state index in [1.165, 1.54) is 24.3 Å². The minimum Gasteiger partial charge on any atom is -0.306 e. The van der Waals surface area contributed by atoms with Crippen molar-refractivity contribution >= 4 is 24.3 Å². The molecular formula is C48H48F2N10. The predicted octanol–water partition coefficient (Wildman–Crippen LogP) is 10.2. The molecule has 0 fully saturated rings. The average Bonchev–Trinajstić information content (AvgIpc) is 4.04. The van der Waals surface area contributed by atoms with Gasteiger partial charge in [-0.2, -0.15) is 10.2 Å². The third-order valence-corrected chi connectivity index (χ3v) is 10.4. The van der Waals surface area contributed by atoms with Crippen LogP contribution >= 0.6 is 0 Å². The van der Waals surface area contributed by atoms with Crippen LogP contribution in [0.2, 0.25) is 0 Å². The number of rotatable bonds is 10. The van der Waals surface area contributed by atoms with Crippen LogP contribution in [0.15, 0.2) is 110 Å². The van der Waals surface area contributed by atoms with E-state index in [1.54, 1.807) is 33.6 Å². The minimum atomic E-state index is -0.243. The molecule has 8 rings (SSSR count). The zero-order chi connectivity index (χ0) is 42.5. The Morgan fingerprint density at radius 2 is 1.05 bits per heavy atom. The second-order valence-corrected chi connectivity index (χ2v) is 15.1. The molecule has 0 aliphatic carbocycles. The highest BCUT2D eigenvalue weighted by atomic mass is 19.1. The Balaban J connectivity index is 0.000000181. The molecule has 12 heteroatoms. The van der Waals surface area contributed by atoms with E-state index in [4.69, 9.17) is 0 Å². The molecular weight excluding hydrogens is 755 g/mol. The molecule has 0 radical (unpaired) electrons. The van der Waals surface area contributed by atoms with Crippen molar-refractivity contribution in [1.29, 1.82) is 0 Å². The number of aryl methyl sites for hydroxylation is 6. The summed E-state index contributed by atoms with van der Waals surface area (Å²) in [5.41, 5.74) is 10.7. The van der Waals surface area contributed by atoms with Crippen LogP contribution in [-0.2, 0) is 14.1 Å². The number of hydrogen-bond donors (Lipinski definition) is 0. The van der Waals surface area contributed by atoms with E-state index < -0.39 is 0 Å². The van der Waals surface area contributed by atoms with Gasteiger partial charge in [0, 0.05) is 49.7 Å². The van der Waals surface area contributed by atoms with Gasteiger partial charge in [0.2, 0.25) is 0 Å². The maximum absolute atomic E-state index is 13.2. The summed E-state index contributed by atoms with van der Waals surface area (Å²) in [6.07, 6.45) is 15.6. The summed E-state index contributed by atoms with van der Waals surface area (Å²) in [6.45, 7) is 12.2. The summed E-state index contributed by atoms with van der Waals surface area (Å²) in [4.78, 5) is 17.9. The fraction of sp³-hybridized carbons (Fsp3) is 0.208. The number of benzene rings is 4. The van der Waals surface area contributed by atoms with Crippen LogP contribution in [0.3, 0.4) is 0 Å². The highest BCUT2D eigenvalue weighted by Gasteiger charge is 2.17. The van der Waals surface area contributed by atoms with Crippen LogP contribution in [0, 0.1) is 39.3 Å². The highest BCUT2D eigenvalue weighted by molar-refractivity contribution is 5.69. The van der Waals surface area contributed by atoms with Crippen LogP contribution in [-0.4, -0.2) is 48.6 Å². The number of nitrogens with zero attached hydrogens (tertiary/aromatic N) is 10. The van der Waals surface area contributed by atoms with Crippen LogP contribution in [0.25, 0.3) is 35.7 Å². The maximum Gasteiger partial charge on any atom is 0.174 e. The van der Waals surface area contributed by atoms with E-state index in [-0.39, 0.29) is 23.5 Å². The van der Waals surface area contributed by atoms with Crippen molar-refractivity contribution in [3.8, 4) is 11.4 Å². The molecule has 60 heavy (non-hydrogen) atoms. The smallest absolute Gasteiger partial charge is 0.174 e. The Morgan fingerprint density at radius 3 is 1.53 bits per heavy atom. The summed E-state index contributed by atoms with van der Waals surface area (Å²) >= 11 is 0. The second kappa shape index (κ2) is 17.8. The van der Waals surface area contributed by atoms with Crippen molar-refractivity contribution in [2.24, 2.45) is 14.1 Å². The molecule has 10 nitrogen and oxygen atoms in total. The van der Waals surface area contributed by atoms with Gasteiger partial charge in [0.05, 0.1) is 24.0 Å². The lowest BCUT2D eigenvalue weighted by molar-refractivity contribution is 0.624. The molecule has 0 aliphatic rings. The monoisotopic (exact) mass is 802 g/mol. The zero-order valence-electron chi connectivity index (χ0n) is 35.1. The van der Waals surface area contributed by atoms with Crippen molar-refractivity contribution in [3.05, 3.63) is 190 Å². The molecule has 2 unspecified atom stereocenters. The molecule has 0 aliphatic heterocycles. The molecule has 0 amide bonds. The Labute approximate surface area is 349 Å². The van der Waals surface area contributed by atoms with Gasteiger partial charge < -0.3 is 9.13 Å². The summed E-state index contributed by atoms with van der Waals surface area (Å²) in [5, 5.41) is 9.06. The average molecular weight is 803 g/mol. The largest absolute Gasteiger partial charge is 0.306 e. The fourth-order valence-electron chi connectivity index (χ4n) is 7.00. The number of hydrogen-bond acceptors (Lipinski definition) is 6. The zero-order valence-corrected chi connectivity index (χ0v) is 35.1. The van der Waals surface area contributed by atoms with E-state index in [1.807, 2.05) is 100 Å². The number of halogens is 2. The van der Waals surface area contributed by atoms with Gasteiger partial charge >= 0.3 is 0 Å². The van der Waals surface area contributed by atoms with Gasteiger partial charge in [0.15, 0.2) is 17.5 Å². The first kappa shape index (κ1) is 41.1. The molecule has 0 spiro atoms. The summed E-state index contributed by atoms with van der Waals surface area (Å²) in [7, 11) is 3.76. The molecule has 8 aromatic rings. The van der Waals surface area contributed by atoms with Gasteiger partial charge in [-0.1, -0.05) is 62.4 Å². The minimum absolute atomic E-state index is 0.0147. The molecule has 304 valence electrons. The van der Waals surface area contributed by atoms with Crippen molar-refractivity contribution < 1.29 is 8.78 Å². The van der Waals surface area contributed by atoms with E-state index in [2.05, 4.69) is 80.4 Å². The first-order chi connectivity index (χ1) is 28.8. The summed E-state index contributed by atoms with van der Waals surface area (Å²) in [6, 6.07) is 25.6. The summed E-state index contributed by atoms with van der Waals surface area (Å²) in [5.74, 6) is 2.49. The van der Waals surface area contributed by atoms with E-state index >= 15 is 0 Å². The highest BCUT2D eigenvalue weighted by Crippen LogP contribution is 2.25. The lowest BCUT2D eigenvalue weighted by atomic mass is 10.0. The second-order valence-electron chi connectivity index (χ2n) is 15.1. The topological polar surface area (TPSA) is 97.1 Å². The van der Waals surface area contributed by atoms with Crippen molar-refractivity contribution in [3.63, 3.8) is 0 Å². The van der Waals surface area contributed by atoms with Crippen molar-refractivity contribution in [1.82, 2.24) is 48.6 Å². The Kier molecular flexibility index (Phi) is 12.2. The Hall–Kier alpha value is -7.08. The van der Waals surface area contributed by atoms with Gasteiger partial charge in [0.25, 0.3) is 0 Å². The van der Waals surface area contributed by atoms with Crippen LogP contribution in [0.1, 0.15) is 93.7 Å².